The molecule has 4 aromatic heterocycles. The number of carbonyl (C=O) groups excluding carboxylic acids is 3. The van der Waals surface area contributed by atoms with Gasteiger partial charge in [-0.15, -0.1) is 0 Å². The molecule has 0 saturated carbocycles. The molecule has 0 bridgehead atoms. The zero-order valence-corrected chi connectivity index (χ0v) is 34.5. The normalized spacial score (nSPS) is 10.6. The highest BCUT2D eigenvalue weighted by Crippen LogP contribution is 2.24. The molecule has 0 atom stereocenters. The SMILES string of the molecule is CCO.CCOC(=O)c1ccc(CNC(=O)c2cccc3c2cnn3-c2ccc(F)cc2)cn1.O=C(NCc1ccc(Br)nc1)c1cccc2c1cnn2-c1ccc(F)cc1. The van der Waals surface area contributed by atoms with Gasteiger partial charge in [-0.05, 0) is 126 Å². The van der Waals surface area contributed by atoms with Crippen LogP contribution in [0.1, 0.15) is 56.2 Å². The van der Waals surface area contributed by atoms with Crippen molar-refractivity contribution in [1.29, 1.82) is 0 Å². The van der Waals surface area contributed by atoms with Gasteiger partial charge < -0.3 is 20.5 Å². The quantitative estimate of drug-likeness (QED) is 0.0914. The second kappa shape index (κ2) is 20.7. The standard InChI is InChI=1S/C23H19FN4O3.C20H14BrFN4O.C2H6O/c1-2-31-23(30)20-11-6-15(12-25-20)13-26-22(29)18-4-3-5-21-19(18)14-27-28(21)17-9-7-16(24)8-10-17;21-19-9-4-13(10-23-19)11-24-20(27)16-2-1-3-18-17(16)12-25-26(18)15-7-5-14(22)6-8-15;1-2-3/h3-12,14H,2,13H2,1H3,(H,26,29);1-10,12H,11H2,(H,24,27);3H,2H2,1H3. The molecule has 0 aliphatic carbocycles. The molecule has 2 amide bonds. The molecule has 16 heteroatoms. The summed E-state index contributed by atoms with van der Waals surface area (Å²) in [5.74, 6) is -1.58. The summed E-state index contributed by atoms with van der Waals surface area (Å²) in [5, 5.41) is 23.5. The Kier molecular flexibility index (Phi) is 14.7. The zero-order chi connectivity index (χ0) is 43.3. The summed E-state index contributed by atoms with van der Waals surface area (Å²) in [6.07, 6.45) is 6.50. The first-order chi connectivity index (χ1) is 29.6. The second-order valence-corrected chi connectivity index (χ2v) is 13.8. The molecule has 4 heterocycles. The van der Waals surface area contributed by atoms with Gasteiger partial charge in [-0.1, -0.05) is 24.3 Å². The van der Waals surface area contributed by atoms with E-state index >= 15 is 0 Å². The minimum absolute atomic E-state index is 0.192. The van der Waals surface area contributed by atoms with Crippen LogP contribution in [0.4, 0.5) is 8.78 Å². The van der Waals surface area contributed by atoms with Crippen LogP contribution in [0.5, 0.6) is 0 Å². The average Bonchev–Trinajstić information content (AvgIpc) is 3.92. The first-order valence-corrected chi connectivity index (χ1v) is 19.7. The van der Waals surface area contributed by atoms with Gasteiger partial charge in [-0.3, -0.25) is 9.59 Å². The highest BCUT2D eigenvalue weighted by Gasteiger charge is 2.16. The van der Waals surface area contributed by atoms with Crippen LogP contribution in [0.15, 0.2) is 139 Å². The number of rotatable bonds is 10. The van der Waals surface area contributed by atoms with E-state index in [2.05, 4.69) is 46.7 Å². The number of hydrogen-bond acceptors (Lipinski definition) is 9. The molecule has 0 unspecified atom stereocenters. The van der Waals surface area contributed by atoms with E-state index in [1.165, 1.54) is 30.5 Å². The number of fused-ring (bicyclic) bond motifs is 2. The third kappa shape index (κ3) is 10.9. The summed E-state index contributed by atoms with van der Waals surface area (Å²) in [4.78, 5) is 45.3. The van der Waals surface area contributed by atoms with Crippen molar-refractivity contribution in [2.45, 2.75) is 26.9 Å². The summed E-state index contributed by atoms with van der Waals surface area (Å²) >= 11 is 3.29. The van der Waals surface area contributed by atoms with Crippen LogP contribution in [0.25, 0.3) is 33.2 Å². The fraction of sp³-hybridized carbons (Fsp3) is 0.133. The maximum absolute atomic E-state index is 13.2. The Bertz CT molecular complexity index is 2740. The van der Waals surface area contributed by atoms with Crippen LogP contribution in [0.2, 0.25) is 0 Å². The van der Waals surface area contributed by atoms with Gasteiger partial charge in [0.05, 0.1) is 52.5 Å². The first kappa shape index (κ1) is 43.4. The lowest BCUT2D eigenvalue weighted by molar-refractivity contribution is 0.0519. The number of carbonyl (C=O) groups is 3. The number of aliphatic hydroxyl groups excluding tert-OH is 1. The van der Waals surface area contributed by atoms with Crippen molar-refractivity contribution >= 4 is 55.5 Å². The number of halogens is 3. The predicted octanol–water partition coefficient (Wildman–Crippen LogP) is 7.92. The van der Waals surface area contributed by atoms with Crippen LogP contribution in [-0.4, -0.2) is 65.6 Å². The number of amides is 2. The van der Waals surface area contributed by atoms with E-state index in [0.717, 1.165) is 37.8 Å². The molecule has 3 N–H and O–H groups in total. The minimum Gasteiger partial charge on any atom is -0.461 e. The van der Waals surface area contributed by atoms with Crippen molar-refractivity contribution in [2.24, 2.45) is 0 Å². The first-order valence-electron chi connectivity index (χ1n) is 18.9. The molecule has 0 spiro atoms. The van der Waals surface area contributed by atoms with Crippen LogP contribution < -0.4 is 10.6 Å². The van der Waals surface area contributed by atoms with Gasteiger partial charge in [0.2, 0.25) is 0 Å². The maximum Gasteiger partial charge on any atom is 0.356 e. The average molecular weight is 890 g/mol. The minimum atomic E-state index is -0.483. The van der Waals surface area contributed by atoms with Crippen molar-refractivity contribution in [3.05, 3.63) is 178 Å². The van der Waals surface area contributed by atoms with Crippen LogP contribution in [0, 0.1) is 11.6 Å². The smallest absolute Gasteiger partial charge is 0.356 e. The fourth-order valence-electron chi connectivity index (χ4n) is 6.00. The van der Waals surface area contributed by atoms with Gasteiger partial charge in [0.25, 0.3) is 11.8 Å². The van der Waals surface area contributed by atoms with Crippen molar-refractivity contribution in [3.8, 4) is 11.4 Å². The monoisotopic (exact) mass is 888 g/mol. The van der Waals surface area contributed by atoms with Crippen molar-refractivity contribution in [3.63, 3.8) is 0 Å². The van der Waals surface area contributed by atoms with Gasteiger partial charge in [-0.2, -0.15) is 10.2 Å². The van der Waals surface area contributed by atoms with E-state index in [4.69, 9.17) is 9.84 Å². The highest BCUT2D eigenvalue weighted by molar-refractivity contribution is 9.10. The van der Waals surface area contributed by atoms with Crippen molar-refractivity contribution in [2.75, 3.05) is 13.2 Å². The van der Waals surface area contributed by atoms with Gasteiger partial charge in [0.15, 0.2) is 0 Å². The number of nitrogens with one attached hydrogen (secondary N) is 2. The molecule has 8 aromatic rings. The topological polar surface area (TPSA) is 166 Å². The van der Waals surface area contributed by atoms with Gasteiger partial charge >= 0.3 is 5.97 Å². The number of esters is 1. The third-order valence-corrected chi connectivity index (χ3v) is 9.33. The van der Waals surface area contributed by atoms with Gasteiger partial charge in [0, 0.05) is 42.9 Å². The Labute approximate surface area is 357 Å². The molecule has 61 heavy (non-hydrogen) atoms. The fourth-order valence-corrected chi connectivity index (χ4v) is 6.23. The summed E-state index contributed by atoms with van der Waals surface area (Å²) < 4.78 is 35.4. The van der Waals surface area contributed by atoms with Crippen molar-refractivity contribution < 1.29 is 33.0 Å². The Morgan fingerprint density at radius 2 is 1.10 bits per heavy atom. The molecule has 0 aliphatic rings. The van der Waals surface area contributed by atoms with Crippen LogP contribution in [0.3, 0.4) is 0 Å². The zero-order valence-electron chi connectivity index (χ0n) is 32.9. The molecule has 0 aliphatic heterocycles. The Morgan fingerprint density at radius 1 is 0.639 bits per heavy atom. The van der Waals surface area contributed by atoms with Crippen LogP contribution in [-0.2, 0) is 17.8 Å². The Morgan fingerprint density at radius 3 is 1.51 bits per heavy atom. The molecule has 0 fully saturated rings. The van der Waals surface area contributed by atoms with E-state index in [0.29, 0.717) is 28.7 Å². The molecular formula is C45H39BrF2N8O5. The van der Waals surface area contributed by atoms with E-state index < -0.39 is 5.97 Å². The van der Waals surface area contributed by atoms with Gasteiger partial charge in [0.1, 0.15) is 21.9 Å². The van der Waals surface area contributed by atoms with E-state index in [1.54, 1.807) is 102 Å². The number of benzene rings is 4. The second-order valence-electron chi connectivity index (χ2n) is 13.0. The number of ether oxygens (including phenoxy) is 1. The van der Waals surface area contributed by atoms with E-state index in [9.17, 15) is 23.2 Å². The van der Waals surface area contributed by atoms with E-state index in [1.807, 2.05) is 24.3 Å². The number of pyridine rings is 2. The lowest BCUT2D eigenvalue weighted by atomic mass is 10.1. The molecule has 0 saturated heterocycles. The van der Waals surface area contributed by atoms with Crippen molar-refractivity contribution in [1.82, 2.24) is 40.2 Å². The third-order valence-electron chi connectivity index (χ3n) is 8.86. The Hall–Kier alpha value is -7.17. The molecule has 4 aromatic carbocycles. The lowest BCUT2D eigenvalue weighted by Gasteiger charge is -2.08. The summed E-state index contributed by atoms with van der Waals surface area (Å²) in [6.45, 7) is 4.56. The predicted molar refractivity (Wildman–Crippen MR) is 229 cm³/mol. The number of hydrogen-bond donors (Lipinski definition) is 3. The molecule has 8 rings (SSSR count). The summed E-state index contributed by atoms with van der Waals surface area (Å²) in [6, 6.07) is 29.8. The number of nitrogens with zero attached hydrogens (tertiary/aromatic N) is 6. The molecule has 13 nitrogen and oxygen atoms in total. The lowest BCUT2D eigenvalue weighted by Crippen LogP contribution is -2.23. The summed E-state index contributed by atoms with van der Waals surface area (Å²) in [7, 11) is 0. The van der Waals surface area contributed by atoms with Crippen LogP contribution >= 0.6 is 15.9 Å². The number of aliphatic hydroxyl groups is 1. The molecule has 0 radical (unpaired) electrons. The van der Waals surface area contributed by atoms with E-state index in [-0.39, 0.29) is 48.9 Å². The number of aromatic nitrogens is 6. The Balaban J connectivity index is 0.000000193. The molecule has 310 valence electrons. The highest BCUT2D eigenvalue weighted by atomic mass is 79.9. The van der Waals surface area contributed by atoms with Gasteiger partial charge in [-0.25, -0.2) is 32.9 Å². The molecular weight excluding hydrogens is 850 g/mol. The summed E-state index contributed by atoms with van der Waals surface area (Å²) in [5.41, 5.74) is 5.81. The largest absolute Gasteiger partial charge is 0.461 e. The maximum atomic E-state index is 13.2.